The average Bonchev–Trinajstić information content (AvgIpc) is 3.47. The molecule has 9 nitrogen and oxygen atoms in total. The van der Waals surface area contributed by atoms with Crippen LogP contribution in [0.4, 0.5) is 0 Å². The van der Waals surface area contributed by atoms with Crippen LogP contribution in [0.1, 0.15) is 42.5 Å². The van der Waals surface area contributed by atoms with Crippen LogP contribution < -0.4 is 20.3 Å². The van der Waals surface area contributed by atoms with Crippen LogP contribution in [0.25, 0.3) is 28.4 Å². The lowest BCUT2D eigenvalue weighted by Gasteiger charge is -2.31. The number of hydrogen-bond donors (Lipinski definition) is 2. The summed E-state index contributed by atoms with van der Waals surface area (Å²) in [5, 5.41) is 15.3. The Kier molecular flexibility index (Phi) is 4.94. The maximum Gasteiger partial charge on any atom is 0.343 e. The number of pyridine rings is 2. The van der Waals surface area contributed by atoms with Crippen molar-refractivity contribution in [2.45, 2.75) is 39.0 Å². The van der Waals surface area contributed by atoms with Crippen molar-refractivity contribution in [3.63, 3.8) is 0 Å². The van der Waals surface area contributed by atoms with E-state index < -0.39 is 11.6 Å². The summed E-state index contributed by atoms with van der Waals surface area (Å²) in [6.07, 6.45) is 4.18. The Hall–Kier alpha value is -3.69. The van der Waals surface area contributed by atoms with Crippen LogP contribution in [-0.2, 0) is 28.3 Å². The number of ether oxygens (including phenoxy) is 3. The highest BCUT2D eigenvalue weighted by Gasteiger charge is 2.45. The third-order valence-electron chi connectivity index (χ3n) is 7.02. The number of likely N-dealkylation sites (N-methyl/N-ethyl adjacent to an activating group) is 1. The second kappa shape index (κ2) is 7.93. The van der Waals surface area contributed by atoms with E-state index in [0.717, 1.165) is 23.1 Å². The monoisotopic (exact) mass is 475 g/mol. The van der Waals surface area contributed by atoms with Crippen molar-refractivity contribution in [2.75, 3.05) is 19.9 Å². The number of fused-ring (bicyclic) bond motifs is 6. The van der Waals surface area contributed by atoms with E-state index in [1.807, 2.05) is 31.2 Å². The minimum Gasteiger partial charge on any atom is -0.458 e. The van der Waals surface area contributed by atoms with Gasteiger partial charge in [-0.2, -0.15) is 0 Å². The van der Waals surface area contributed by atoms with Gasteiger partial charge in [0.05, 0.1) is 29.0 Å². The quantitative estimate of drug-likeness (QED) is 0.334. The maximum atomic E-state index is 13.5. The molecule has 0 fully saturated rings. The molecule has 35 heavy (non-hydrogen) atoms. The molecule has 0 unspecified atom stereocenters. The van der Waals surface area contributed by atoms with Crippen LogP contribution in [0.2, 0.25) is 0 Å². The molecule has 1 atom stereocenters. The third-order valence-corrected chi connectivity index (χ3v) is 7.02. The van der Waals surface area contributed by atoms with Gasteiger partial charge in [0, 0.05) is 29.1 Å². The molecule has 0 saturated carbocycles. The summed E-state index contributed by atoms with van der Waals surface area (Å²) < 4.78 is 18.0. The number of carbonyl (C=O) groups is 1. The first-order chi connectivity index (χ1) is 17.0. The molecule has 0 bridgehead atoms. The van der Waals surface area contributed by atoms with Gasteiger partial charge in [-0.1, -0.05) is 26.0 Å². The lowest BCUT2D eigenvalue weighted by molar-refractivity contribution is -0.172. The van der Waals surface area contributed by atoms with E-state index in [-0.39, 0.29) is 25.4 Å². The van der Waals surface area contributed by atoms with Crippen LogP contribution >= 0.6 is 0 Å². The average molecular weight is 476 g/mol. The Labute approximate surface area is 200 Å². The van der Waals surface area contributed by atoms with Gasteiger partial charge in [0.2, 0.25) is 6.79 Å². The van der Waals surface area contributed by atoms with Crippen LogP contribution in [-0.4, -0.2) is 40.5 Å². The molecule has 9 heteroatoms. The zero-order chi connectivity index (χ0) is 24.3. The van der Waals surface area contributed by atoms with Crippen molar-refractivity contribution < 1.29 is 24.1 Å². The molecule has 3 aliphatic heterocycles. The molecule has 0 saturated heterocycles. The first-order valence-corrected chi connectivity index (χ1v) is 11.8. The van der Waals surface area contributed by atoms with Gasteiger partial charge in [-0.05, 0) is 30.7 Å². The molecule has 1 aromatic carbocycles. The molecule has 0 amide bonds. The fraction of sp³-hybridized carbons (Fsp3) is 0.346. The highest BCUT2D eigenvalue weighted by Crippen LogP contribution is 2.43. The minimum atomic E-state index is -1.86. The van der Waals surface area contributed by atoms with Gasteiger partial charge >= 0.3 is 5.97 Å². The zero-order valence-corrected chi connectivity index (χ0v) is 19.5. The molecule has 3 aliphatic rings. The third kappa shape index (κ3) is 3.11. The first kappa shape index (κ1) is 21.8. The summed E-state index contributed by atoms with van der Waals surface area (Å²) in [7, 11) is 0. The van der Waals surface area contributed by atoms with Crippen molar-refractivity contribution in [2.24, 2.45) is 0 Å². The Bertz CT molecular complexity index is 1490. The summed E-state index contributed by atoms with van der Waals surface area (Å²) in [4.78, 5) is 30.9. The van der Waals surface area contributed by atoms with Gasteiger partial charge in [0.25, 0.3) is 5.56 Å². The standard InChI is InChI=1S/C26H25N3O6/c1-3-26(32)18-9-20-23-16(11-29(20)24(30)17(18)12-33-25(26)31)14(6-5-7-27-4-2)15-8-21-22(35-13-34-21)10-19(15)28-23/h5-6,8-10,27,32H,3-4,7,11-13H2,1-2H3/b6-5+/t26-/m0/s1. The smallest absolute Gasteiger partial charge is 0.343 e. The van der Waals surface area contributed by atoms with E-state index in [1.165, 1.54) is 0 Å². The predicted octanol–water partition coefficient (Wildman–Crippen LogP) is 2.43. The number of nitrogens with zero attached hydrogens (tertiary/aromatic N) is 2. The fourth-order valence-electron chi connectivity index (χ4n) is 5.10. The van der Waals surface area contributed by atoms with Crippen molar-refractivity contribution in [1.29, 1.82) is 0 Å². The number of esters is 1. The molecular weight excluding hydrogens is 450 g/mol. The molecular formula is C26H25N3O6. The number of carbonyl (C=O) groups excluding carboxylic acids is 1. The molecule has 2 aromatic heterocycles. The van der Waals surface area contributed by atoms with Crippen molar-refractivity contribution >= 4 is 22.9 Å². The molecule has 180 valence electrons. The molecule has 3 aromatic rings. The van der Waals surface area contributed by atoms with E-state index >= 15 is 0 Å². The fourth-order valence-corrected chi connectivity index (χ4v) is 5.10. The van der Waals surface area contributed by atoms with Crippen molar-refractivity contribution in [3.05, 3.63) is 56.9 Å². The zero-order valence-electron chi connectivity index (χ0n) is 19.5. The number of nitrogens with one attached hydrogen (secondary N) is 1. The lowest BCUT2D eigenvalue weighted by atomic mass is 9.86. The van der Waals surface area contributed by atoms with Gasteiger partial charge in [0.15, 0.2) is 17.1 Å². The maximum absolute atomic E-state index is 13.5. The Balaban J connectivity index is 1.60. The van der Waals surface area contributed by atoms with Gasteiger partial charge in [-0.25, -0.2) is 9.78 Å². The molecule has 0 radical (unpaired) electrons. The van der Waals surface area contributed by atoms with Gasteiger partial charge in [0.1, 0.15) is 6.61 Å². The van der Waals surface area contributed by atoms with E-state index in [2.05, 4.69) is 5.32 Å². The highest BCUT2D eigenvalue weighted by molar-refractivity contribution is 5.95. The van der Waals surface area contributed by atoms with Crippen molar-refractivity contribution in [1.82, 2.24) is 14.9 Å². The van der Waals surface area contributed by atoms with Crippen LogP contribution in [0.5, 0.6) is 11.5 Å². The van der Waals surface area contributed by atoms with E-state index in [4.69, 9.17) is 19.2 Å². The van der Waals surface area contributed by atoms with Gasteiger partial charge < -0.3 is 29.2 Å². The molecule has 0 aliphatic carbocycles. The number of hydrogen-bond acceptors (Lipinski definition) is 8. The van der Waals surface area contributed by atoms with Crippen LogP contribution in [0.15, 0.2) is 29.1 Å². The highest BCUT2D eigenvalue weighted by atomic mass is 16.7. The summed E-state index contributed by atoms with van der Waals surface area (Å²) in [5.41, 5.74) is 2.25. The Morgan fingerprint density at radius 1 is 1.14 bits per heavy atom. The summed E-state index contributed by atoms with van der Waals surface area (Å²) in [6, 6.07) is 5.50. The topological polar surface area (TPSA) is 112 Å². The number of rotatable bonds is 5. The number of aromatic nitrogens is 2. The van der Waals surface area contributed by atoms with Gasteiger partial charge in [-0.3, -0.25) is 4.79 Å². The normalized spacial score (nSPS) is 19.7. The van der Waals surface area contributed by atoms with Crippen LogP contribution in [0, 0.1) is 0 Å². The number of cyclic esters (lactones) is 1. The van der Waals surface area contributed by atoms with Crippen LogP contribution in [0.3, 0.4) is 0 Å². The Morgan fingerprint density at radius 3 is 2.71 bits per heavy atom. The molecule has 6 rings (SSSR count). The molecule has 2 N–H and O–H groups in total. The van der Waals surface area contributed by atoms with Gasteiger partial charge in [-0.15, -0.1) is 0 Å². The lowest BCUT2D eigenvalue weighted by Crippen LogP contribution is -2.44. The van der Waals surface area contributed by atoms with Crippen molar-refractivity contribution in [3.8, 4) is 22.9 Å². The largest absolute Gasteiger partial charge is 0.458 e. The predicted molar refractivity (Wildman–Crippen MR) is 128 cm³/mol. The second-order valence-corrected chi connectivity index (χ2v) is 8.89. The van der Waals surface area contributed by atoms with E-state index in [1.54, 1.807) is 17.6 Å². The summed E-state index contributed by atoms with van der Waals surface area (Å²) in [6.45, 7) is 5.62. The molecule has 0 spiro atoms. The summed E-state index contributed by atoms with van der Waals surface area (Å²) >= 11 is 0. The first-order valence-electron chi connectivity index (χ1n) is 11.8. The summed E-state index contributed by atoms with van der Waals surface area (Å²) in [5.74, 6) is 0.546. The van der Waals surface area contributed by atoms with E-state index in [0.29, 0.717) is 52.6 Å². The second-order valence-electron chi connectivity index (χ2n) is 8.89. The Morgan fingerprint density at radius 2 is 1.94 bits per heavy atom. The minimum absolute atomic E-state index is 0.0988. The molecule has 5 heterocycles. The number of benzene rings is 1. The number of aliphatic hydroxyl groups is 1. The van der Waals surface area contributed by atoms with E-state index in [9.17, 15) is 14.7 Å². The SMILES string of the molecule is CCNC/C=C/c1c2c(nc3cc4c(cc13)OCO4)-c1cc3c(c(=O)n1C2)COC(=O)[C@]3(O)CC.